The van der Waals surface area contributed by atoms with Gasteiger partial charge in [-0.1, -0.05) is 12.1 Å². The highest BCUT2D eigenvalue weighted by atomic mass is 127. The van der Waals surface area contributed by atoms with Crippen LogP contribution in [-0.4, -0.2) is 33.0 Å². The molecule has 0 aromatic heterocycles. The lowest BCUT2D eigenvalue weighted by Gasteiger charge is -2.14. The molecule has 0 atom stereocenters. The van der Waals surface area contributed by atoms with Crippen LogP contribution in [0.4, 0.5) is 0 Å². The number of nitrogens with zero attached hydrogens (tertiary/aromatic N) is 1. The predicted molar refractivity (Wildman–Crippen MR) is 125 cm³/mol. The topological polar surface area (TPSA) is 54.9 Å². The maximum atomic E-state index is 5.45. The molecule has 2 rings (SSSR count). The van der Waals surface area contributed by atoms with Gasteiger partial charge in [0.15, 0.2) is 5.96 Å². The molecule has 0 amide bonds. The number of thioether (sulfide) groups is 1. The zero-order valence-corrected chi connectivity index (χ0v) is 19.4. The molecule has 27 heavy (non-hydrogen) atoms. The lowest BCUT2D eigenvalue weighted by atomic mass is 10.2. The molecule has 0 radical (unpaired) electrons. The molecule has 0 saturated heterocycles. The van der Waals surface area contributed by atoms with E-state index < -0.39 is 0 Å². The van der Waals surface area contributed by atoms with Crippen LogP contribution in [0.3, 0.4) is 0 Å². The number of rotatable bonds is 8. The lowest BCUT2D eigenvalue weighted by Crippen LogP contribution is -2.36. The van der Waals surface area contributed by atoms with Crippen LogP contribution in [0.2, 0.25) is 0 Å². The van der Waals surface area contributed by atoms with Crippen LogP contribution >= 0.6 is 35.7 Å². The molecule has 7 heteroatoms. The average Bonchev–Trinajstić information content (AvgIpc) is 2.70. The van der Waals surface area contributed by atoms with E-state index in [4.69, 9.17) is 9.47 Å². The summed E-state index contributed by atoms with van der Waals surface area (Å²) >= 11 is 1.74. The second kappa shape index (κ2) is 12.7. The van der Waals surface area contributed by atoms with E-state index in [9.17, 15) is 0 Å². The normalized spacial score (nSPS) is 10.7. The standard InChI is InChI=1S/C20H27N3O2S.HI/c1-5-21-20(22-13-15-6-10-18(26-4)11-7-15)23-14-16-8-9-17(24-2)12-19(16)25-3;/h6-12H,5,13-14H2,1-4H3,(H2,21,22,23);1H. The number of hydrogen-bond acceptors (Lipinski definition) is 4. The van der Waals surface area contributed by atoms with Crippen LogP contribution in [0.5, 0.6) is 11.5 Å². The smallest absolute Gasteiger partial charge is 0.191 e. The fourth-order valence-corrected chi connectivity index (χ4v) is 2.83. The first kappa shape index (κ1) is 23.4. The molecular weight excluding hydrogens is 473 g/mol. The lowest BCUT2D eigenvalue weighted by molar-refractivity contribution is 0.390. The van der Waals surface area contributed by atoms with Crippen molar-refractivity contribution in [2.75, 3.05) is 27.0 Å². The Balaban J connectivity index is 0.00000364. The summed E-state index contributed by atoms with van der Waals surface area (Å²) in [4.78, 5) is 5.92. The van der Waals surface area contributed by atoms with Crippen LogP contribution in [0.15, 0.2) is 52.4 Å². The summed E-state index contributed by atoms with van der Waals surface area (Å²) in [6.07, 6.45) is 2.08. The van der Waals surface area contributed by atoms with Crippen LogP contribution in [0, 0.1) is 0 Å². The van der Waals surface area contributed by atoms with Crippen molar-refractivity contribution in [1.29, 1.82) is 0 Å². The largest absolute Gasteiger partial charge is 0.497 e. The molecule has 0 bridgehead atoms. The number of benzene rings is 2. The molecule has 2 aromatic rings. The second-order valence-electron chi connectivity index (χ2n) is 5.57. The van der Waals surface area contributed by atoms with E-state index >= 15 is 0 Å². The van der Waals surface area contributed by atoms with Gasteiger partial charge in [-0.05, 0) is 43.0 Å². The number of guanidine groups is 1. The van der Waals surface area contributed by atoms with Gasteiger partial charge in [-0.25, -0.2) is 4.99 Å². The number of aliphatic imine (C=N–C) groups is 1. The molecule has 0 aliphatic carbocycles. The number of ether oxygens (including phenoxy) is 2. The molecule has 0 aliphatic rings. The Labute approximate surface area is 183 Å². The Hall–Kier alpha value is -1.61. The van der Waals surface area contributed by atoms with Gasteiger partial charge in [0.2, 0.25) is 0 Å². The van der Waals surface area contributed by atoms with Crippen LogP contribution in [0.1, 0.15) is 18.1 Å². The maximum Gasteiger partial charge on any atom is 0.191 e. The van der Waals surface area contributed by atoms with Gasteiger partial charge < -0.3 is 20.1 Å². The number of nitrogens with one attached hydrogen (secondary N) is 2. The van der Waals surface area contributed by atoms with Crippen molar-refractivity contribution >= 4 is 41.7 Å². The zero-order valence-electron chi connectivity index (χ0n) is 16.2. The second-order valence-corrected chi connectivity index (χ2v) is 6.45. The van der Waals surface area contributed by atoms with Crippen molar-refractivity contribution in [2.45, 2.75) is 24.9 Å². The van der Waals surface area contributed by atoms with Gasteiger partial charge in [0.1, 0.15) is 11.5 Å². The number of hydrogen-bond donors (Lipinski definition) is 2. The number of methoxy groups -OCH3 is 2. The third-order valence-corrected chi connectivity index (χ3v) is 4.61. The maximum absolute atomic E-state index is 5.45. The molecule has 0 saturated carbocycles. The van der Waals surface area contributed by atoms with E-state index in [0.29, 0.717) is 13.1 Å². The molecule has 0 heterocycles. The van der Waals surface area contributed by atoms with Gasteiger partial charge in [-0.3, -0.25) is 0 Å². The Bertz CT molecular complexity index is 724. The minimum absolute atomic E-state index is 0. The SMILES string of the molecule is CCNC(=NCc1ccc(SC)cc1)NCc1ccc(OC)cc1OC.I. The average molecular weight is 501 g/mol. The van der Waals surface area contributed by atoms with Gasteiger partial charge in [-0.15, -0.1) is 35.7 Å². The van der Waals surface area contributed by atoms with E-state index in [1.807, 2.05) is 18.2 Å². The summed E-state index contributed by atoms with van der Waals surface area (Å²) in [5.74, 6) is 2.35. The molecular formula is C20H28IN3O2S. The third-order valence-electron chi connectivity index (χ3n) is 3.86. The van der Waals surface area contributed by atoms with Gasteiger partial charge in [0, 0.05) is 29.6 Å². The first-order valence-electron chi connectivity index (χ1n) is 8.56. The van der Waals surface area contributed by atoms with Gasteiger partial charge in [0.05, 0.1) is 20.8 Å². The quantitative estimate of drug-likeness (QED) is 0.245. The Morgan fingerprint density at radius 1 is 1.04 bits per heavy atom. The summed E-state index contributed by atoms with van der Waals surface area (Å²) < 4.78 is 10.7. The van der Waals surface area contributed by atoms with Crippen molar-refractivity contribution in [3.63, 3.8) is 0 Å². The summed E-state index contributed by atoms with van der Waals surface area (Å²) in [6.45, 7) is 4.10. The fraction of sp³-hybridized carbons (Fsp3) is 0.350. The first-order valence-corrected chi connectivity index (χ1v) is 9.78. The summed E-state index contributed by atoms with van der Waals surface area (Å²) in [5.41, 5.74) is 2.23. The Kier molecular flexibility index (Phi) is 11.0. The van der Waals surface area contributed by atoms with E-state index in [2.05, 4.69) is 53.1 Å². The van der Waals surface area contributed by atoms with Crippen LogP contribution in [0.25, 0.3) is 0 Å². The molecule has 2 N–H and O–H groups in total. The molecule has 5 nitrogen and oxygen atoms in total. The first-order chi connectivity index (χ1) is 12.7. The summed E-state index contributed by atoms with van der Waals surface area (Å²) in [6, 6.07) is 14.3. The van der Waals surface area contributed by atoms with E-state index in [1.54, 1.807) is 26.0 Å². The predicted octanol–water partition coefficient (Wildman–Crippen LogP) is 4.30. The van der Waals surface area contributed by atoms with Crippen LogP contribution in [-0.2, 0) is 13.1 Å². The van der Waals surface area contributed by atoms with E-state index in [1.165, 1.54) is 10.5 Å². The Morgan fingerprint density at radius 3 is 2.37 bits per heavy atom. The van der Waals surface area contributed by atoms with Crippen molar-refractivity contribution < 1.29 is 9.47 Å². The number of halogens is 1. The minimum atomic E-state index is 0. The molecule has 2 aromatic carbocycles. The van der Waals surface area contributed by atoms with Gasteiger partial charge in [-0.2, -0.15) is 0 Å². The van der Waals surface area contributed by atoms with Crippen molar-refractivity contribution in [3.05, 3.63) is 53.6 Å². The zero-order chi connectivity index (χ0) is 18.8. The summed E-state index contributed by atoms with van der Waals surface area (Å²) in [7, 11) is 3.31. The van der Waals surface area contributed by atoms with Crippen molar-refractivity contribution in [2.24, 2.45) is 4.99 Å². The highest BCUT2D eigenvalue weighted by Crippen LogP contribution is 2.24. The third kappa shape index (κ3) is 7.50. The van der Waals surface area contributed by atoms with Gasteiger partial charge >= 0.3 is 0 Å². The summed E-state index contributed by atoms with van der Waals surface area (Å²) in [5, 5.41) is 6.63. The molecule has 0 unspecified atom stereocenters. The highest BCUT2D eigenvalue weighted by Gasteiger charge is 2.06. The van der Waals surface area contributed by atoms with Crippen molar-refractivity contribution in [3.8, 4) is 11.5 Å². The minimum Gasteiger partial charge on any atom is -0.497 e. The molecule has 0 spiro atoms. The molecule has 148 valence electrons. The van der Waals surface area contributed by atoms with E-state index in [-0.39, 0.29) is 24.0 Å². The van der Waals surface area contributed by atoms with Gasteiger partial charge in [0.25, 0.3) is 0 Å². The molecule has 0 aliphatic heterocycles. The van der Waals surface area contributed by atoms with Crippen molar-refractivity contribution in [1.82, 2.24) is 10.6 Å². The monoisotopic (exact) mass is 501 g/mol. The Morgan fingerprint density at radius 2 is 1.78 bits per heavy atom. The van der Waals surface area contributed by atoms with Crippen LogP contribution < -0.4 is 20.1 Å². The molecule has 0 fully saturated rings. The van der Waals surface area contributed by atoms with E-state index in [0.717, 1.165) is 29.6 Å². The highest BCUT2D eigenvalue weighted by molar-refractivity contribution is 14.0. The fourth-order valence-electron chi connectivity index (χ4n) is 2.42.